The fraction of sp³-hybridized carbons (Fsp3) is 0.450. The third-order valence-electron chi connectivity index (χ3n) is 3.87. The Morgan fingerprint density at radius 2 is 1.96 bits per heavy atom. The molecule has 1 saturated heterocycles. The van der Waals surface area contributed by atoms with Gasteiger partial charge in [0.05, 0.1) is 13.2 Å². The van der Waals surface area contributed by atoms with Crippen LogP contribution in [0.25, 0.3) is 0 Å². The molecule has 1 fully saturated rings. The fourth-order valence-corrected chi connectivity index (χ4v) is 2.40. The van der Waals surface area contributed by atoms with Gasteiger partial charge in [0.25, 0.3) is 0 Å². The van der Waals surface area contributed by atoms with Crippen LogP contribution < -0.4 is 5.63 Å². The Balaban J connectivity index is 1.70. The van der Waals surface area contributed by atoms with Gasteiger partial charge in [-0.1, -0.05) is 24.0 Å². The van der Waals surface area contributed by atoms with Crippen LogP contribution >= 0.6 is 0 Å². The second-order valence-corrected chi connectivity index (χ2v) is 5.92. The van der Waals surface area contributed by atoms with Gasteiger partial charge in [0.15, 0.2) is 6.29 Å². The van der Waals surface area contributed by atoms with Crippen molar-refractivity contribution >= 4 is 0 Å². The van der Waals surface area contributed by atoms with Gasteiger partial charge >= 0.3 is 5.63 Å². The summed E-state index contributed by atoms with van der Waals surface area (Å²) in [4.78, 5) is 11.0. The average Bonchev–Trinajstić information content (AvgIpc) is 2.69. The molecular formula is C20H22O8. The van der Waals surface area contributed by atoms with Gasteiger partial charge in [-0.3, -0.25) is 0 Å². The van der Waals surface area contributed by atoms with E-state index < -0.39 is 37.3 Å². The van der Waals surface area contributed by atoms with E-state index in [-0.39, 0.29) is 12.2 Å². The van der Waals surface area contributed by atoms with E-state index in [1.54, 1.807) is 18.2 Å². The predicted octanol–water partition coefficient (Wildman–Crippen LogP) is -1.05. The number of ether oxygens (including phenoxy) is 2. The highest BCUT2D eigenvalue weighted by Gasteiger charge is 2.43. The second-order valence-electron chi connectivity index (χ2n) is 5.92. The summed E-state index contributed by atoms with van der Waals surface area (Å²) < 4.78 is 15.4. The van der Waals surface area contributed by atoms with Crippen molar-refractivity contribution in [2.75, 3.05) is 13.2 Å². The first kappa shape index (κ1) is 21.9. The summed E-state index contributed by atoms with van der Waals surface area (Å²) >= 11 is 0. The smallest absolute Gasteiger partial charge is 0.335 e. The van der Waals surface area contributed by atoms with Crippen LogP contribution in [0.3, 0.4) is 0 Å². The minimum absolute atomic E-state index is 0.0395. The Kier molecular flexibility index (Phi) is 8.92. The van der Waals surface area contributed by atoms with Gasteiger partial charge in [0, 0.05) is 18.9 Å². The topological polar surface area (TPSA) is 130 Å². The number of allylic oxidation sites excluding steroid dienone is 1. The zero-order chi connectivity index (χ0) is 20.4. The van der Waals surface area contributed by atoms with Crippen LogP contribution in [0.15, 0.2) is 39.6 Å². The molecule has 0 saturated carbocycles. The highest BCUT2D eigenvalue weighted by molar-refractivity contribution is 5.30. The molecule has 1 aliphatic heterocycles. The normalized spacial score (nSPS) is 26.9. The maximum absolute atomic E-state index is 11.0. The van der Waals surface area contributed by atoms with Crippen LogP contribution in [0, 0.1) is 23.7 Å². The van der Waals surface area contributed by atoms with E-state index in [1.165, 1.54) is 12.1 Å². The van der Waals surface area contributed by atoms with Crippen LogP contribution in [0.4, 0.5) is 0 Å². The molecule has 0 spiro atoms. The predicted molar refractivity (Wildman–Crippen MR) is 97.7 cm³/mol. The lowest BCUT2D eigenvalue weighted by Crippen LogP contribution is -2.59. The highest BCUT2D eigenvalue weighted by Crippen LogP contribution is 2.21. The van der Waals surface area contributed by atoms with Crippen molar-refractivity contribution in [2.45, 2.75) is 43.5 Å². The molecule has 0 amide bonds. The molecular weight excluding hydrogens is 368 g/mol. The van der Waals surface area contributed by atoms with Gasteiger partial charge in [-0.15, -0.1) is 0 Å². The van der Waals surface area contributed by atoms with Crippen LogP contribution in [-0.4, -0.2) is 64.3 Å². The molecule has 8 heteroatoms. The number of rotatable bonds is 6. The van der Waals surface area contributed by atoms with Crippen LogP contribution in [0.2, 0.25) is 0 Å². The summed E-state index contributed by atoms with van der Waals surface area (Å²) in [5, 5.41) is 38.2. The third-order valence-corrected chi connectivity index (χ3v) is 3.87. The summed E-state index contributed by atoms with van der Waals surface area (Å²) in [6.45, 7) is -0.473. The highest BCUT2D eigenvalue weighted by atomic mass is 16.7. The van der Waals surface area contributed by atoms with Crippen molar-refractivity contribution in [1.82, 2.24) is 0 Å². The zero-order valence-corrected chi connectivity index (χ0v) is 15.0. The van der Waals surface area contributed by atoms with E-state index in [4.69, 9.17) is 19.0 Å². The van der Waals surface area contributed by atoms with Gasteiger partial charge in [0.1, 0.15) is 30.2 Å². The Hall–Kier alpha value is -2.43. The monoisotopic (exact) mass is 390 g/mol. The van der Waals surface area contributed by atoms with Crippen molar-refractivity contribution in [3.05, 3.63) is 46.5 Å². The number of aliphatic hydroxyl groups excluding tert-OH is 4. The average molecular weight is 390 g/mol. The number of aliphatic hydroxyl groups is 4. The van der Waals surface area contributed by atoms with Crippen LogP contribution in [0.5, 0.6) is 0 Å². The lowest BCUT2D eigenvalue weighted by atomic mass is 9.99. The maximum atomic E-state index is 11.0. The molecule has 0 unspecified atom stereocenters. The first-order chi connectivity index (χ1) is 13.5. The largest absolute Gasteiger partial charge is 0.428 e. The molecule has 2 heterocycles. The maximum Gasteiger partial charge on any atom is 0.335 e. The van der Waals surface area contributed by atoms with Gasteiger partial charge in [0.2, 0.25) is 0 Å². The van der Waals surface area contributed by atoms with Crippen LogP contribution in [-0.2, 0) is 15.9 Å². The van der Waals surface area contributed by atoms with Crippen molar-refractivity contribution in [3.8, 4) is 23.7 Å². The minimum atomic E-state index is -1.47. The molecule has 1 aromatic heterocycles. The fourth-order valence-electron chi connectivity index (χ4n) is 2.40. The Labute approximate surface area is 162 Å². The first-order valence-electron chi connectivity index (χ1n) is 8.67. The van der Waals surface area contributed by atoms with Crippen molar-refractivity contribution in [1.29, 1.82) is 0 Å². The van der Waals surface area contributed by atoms with E-state index in [0.717, 1.165) is 0 Å². The molecule has 0 bridgehead atoms. The molecule has 1 aromatic rings. The van der Waals surface area contributed by atoms with Gasteiger partial charge in [-0.2, -0.15) is 0 Å². The molecule has 5 atom stereocenters. The van der Waals surface area contributed by atoms with E-state index in [9.17, 15) is 20.1 Å². The van der Waals surface area contributed by atoms with Gasteiger partial charge < -0.3 is 34.3 Å². The molecule has 150 valence electrons. The molecule has 1 aliphatic rings. The Morgan fingerprint density at radius 3 is 2.71 bits per heavy atom. The summed E-state index contributed by atoms with van der Waals surface area (Å²) in [7, 11) is 0. The second kappa shape index (κ2) is 11.4. The SMILES string of the molecule is O=c1cccc(CCC#CC#C/C=C/CO[C@@H]2O[C@H](CO)[C@@H](O)[C@H](O)[C@H]2O)o1. The van der Waals surface area contributed by atoms with Crippen molar-refractivity contribution < 1.29 is 34.3 Å². The molecule has 2 rings (SSSR count). The van der Waals surface area contributed by atoms with E-state index >= 15 is 0 Å². The Morgan fingerprint density at radius 1 is 1.14 bits per heavy atom. The third kappa shape index (κ3) is 6.63. The molecule has 8 nitrogen and oxygen atoms in total. The van der Waals surface area contributed by atoms with Gasteiger partial charge in [-0.25, -0.2) is 4.79 Å². The molecule has 0 radical (unpaired) electrons. The van der Waals surface area contributed by atoms with E-state index in [0.29, 0.717) is 18.6 Å². The summed E-state index contributed by atoms with van der Waals surface area (Å²) in [6, 6.07) is 4.69. The van der Waals surface area contributed by atoms with Crippen molar-refractivity contribution in [3.63, 3.8) is 0 Å². The standard InChI is InChI=1S/C20H22O8/c21-13-15-17(23)18(24)19(25)20(28-15)26-12-7-5-3-1-2-4-6-9-14-10-8-11-16(22)27-14/h5,7-8,10-11,15,17-21,23-25H,6,9,12-13H2/b7-5+/t15-,17-,18+,19-,20-/m1/s1. The van der Waals surface area contributed by atoms with Gasteiger partial charge in [-0.05, 0) is 24.0 Å². The van der Waals surface area contributed by atoms with E-state index in [1.807, 2.05) is 0 Å². The number of hydrogen-bond donors (Lipinski definition) is 4. The number of aryl methyl sites for hydroxylation is 1. The Bertz CT molecular complexity index is 820. The molecule has 4 N–H and O–H groups in total. The number of hydrogen-bond acceptors (Lipinski definition) is 8. The summed E-state index contributed by atoms with van der Waals surface area (Å²) in [5.41, 5.74) is -0.388. The first-order valence-corrected chi connectivity index (χ1v) is 8.67. The lowest BCUT2D eigenvalue weighted by Gasteiger charge is -2.39. The van der Waals surface area contributed by atoms with Crippen molar-refractivity contribution in [2.24, 2.45) is 0 Å². The minimum Gasteiger partial charge on any atom is -0.428 e. The molecule has 28 heavy (non-hydrogen) atoms. The zero-order valence-electron chi connectivity index (χ0n) is 15.0. The van der Waals surface area contributed by atoms with E-state index in [2.05, 4.69) is 23.7 Å². The molecule has 0 aliphatic carbocycles. The summed E-state index contributed by atoms with van der Waals surface area (Å²) in [6.07, 6.45) is -2.41. The molecule has 0 aromatic carbocycles. The lowest BCUT2D eigenvalue weighted by molar-refractivity contribution is -0.298. The van der Waals surface area contributed by atoms with Crippen LogP contribution in [0.1, 0.15) is 12.2 Å². The quantitative estimate of drug-likeness (QED) is 0.453. The summed E-state index contributed by atoms with van der Waals surface area (Å²) in [5.74, 6) is 11.4.